The predicted octanol–water partition coefficient (Wildman–Crippen LogP) is 1.96. The Hall–Kier alpha value is -1.11. The van der Waals surface area contributed by atoms with E-state index in [2.05, 4.69) is 0 Å². The van der Waals surface area contributed by atoms with Crippen LogP contribution < -0.4 is 5.73 Å². The van der Waals surface area contributed by atoms with E-state index in [-0.39, 0.29) is 24.2 Å². The van der Waals surface area contributed by atoms with Crippen LogP contribution in [0, 0.1) is 0 Å². The van der Waals surface area contributed by atoms with Crippen LogP contribution in [0.5, 0.6) is 0 Å². The maximum atomic E-state index is 12.6. The summed E-state index contributed by atoms with van der Waals surface area (Å²) in [6, 6.07) is 8.88. The molecule has 3 N–H and O–H groups in total. The monoisotopic (exact) mass is 288 g/mol. The molecule has 0 aliphatic heterocycles. The van der Waals surface area contributed by atoms with Crippen LogP contribution in [0.3, 0.4) is 0 Å². The number of hydrogen-bond acceptors (Lipinski definition) is 3. The lowest BCUT2D eigenvalue weighted by Crippen LogP contribution is -2.37. The second-order valence-corrected chi connectivity index (χ2v) is 4.73. The third-order valence-electron chi connectivity index (χ3n) is 2.78. The van der Waals surface area contributed by atoms with Crippen molar-refractivity contribution in [3.8, 4) is 0 Å². The first-order chi connectivity index (χ1) is 9.04. The summed E-state index contributed by atoms with van der Waals surface area (Å²) in [5, 5.41) is 9.03. The van der Waals surface area contributed by atoms with Crippen LogP contribution in [0.1, 0.15) is 18.0 Å². The van der Waals surface area contributed by atoms with Crippen molar-refractivity contribution in [1.82, 2.24) is 4.90 Å². The number of aliphatic hydroxyl groups excluding tert-OH is 1. The molecular formula is C13H18F2N2OS. The van der Waals surface area contributed by atoms with E-state index in [4.69, 9.17) is 23.1 Å². The summed E-state index contributed by atoms with van der Waals surface area (Å²) in [5.41, 5.74) is 6.42. The fourth-order valence-corrected chi connectivity index (χ4v) is 2.16. The van der Waals surface area contributed by atoms with Gasteiger partial charge in [-0.1, -0.05) is 42.5 Å². The minimum Gasteiger partial charge on any atom is -0.395 e. The smallest absolute Gasteiger partial charge is 0.251 e. The Morgan fingerprint density at radius 1 is 1.32 bits per heavy atom. The second-order valence-electron chi connectivity index (χ2n) is 4.21. The van der Waals surface area contributed by atoms with Crippen molar-refractivity contribution in [2.24, 2.45) is 5.73 Å². The lowest BCUT2D eigenvalue weighted by atomic mass is 10.0. The number of aliphatic hydroxyl groups is 1. The van der Waals surface area contributed by atoms with E-state index in [1.165, 1.54) is 4.90 Å². The lowest BCUT2D eigenvalue weighted by molar-refractivity contribution is 0.0558. The second kappa shape index (κ2) is 8.14. The number of thiocarbonyl (C=S) groups is 1. The van der Waals surface area contributed by atoms with Gasteiger partial charge in [0.25, 0.3) is 6.43 Å². The van der Waals surface area contributed by atoms with E-state index in [0.717, 1.165) is 5.56 Å². The van der Waals surface area contributed by atoms with Gasteiger partial charge in [-0.15, -0.1) is 0 Å². The molecule has 0 aliphatic rings. The predicted molar refractivity (Wildman–Crippen MR) is 75.2 cm³/mol. The standard InChI is InChI=1S/C13H18F2N2OS/c14-12(15)9-17(6-7-18)11(8-13(16)19)10-4-2-1-3-5-10/h1-5,11-12,18H,6-9H2,(H2,16,19). The van der Waals surface area contributed by atoms with Crippen LogP contribution in [0.25, 0.3) is 0 Å². The van der Waals surface area contributed by atoms with E-state index >= 15 is 0 Å². The highest BCUT2D eigenvalue weighted by molar-refractivity contribution is 7.80. The van der Waals surface area contributed by atoms with Crippen molar-refractivity contribution in [3.63, 3.8) is 0 Å². The summed E-state index contributed by atoms with van der Waals surface area (Å²) in [6.45, 7) is -0.442. The Morgan fingerprint density at radius 2 is 1.95 bits per heavy atom. The largest absolute Gasteiger partial charge is 0.395 e. The maximum Gasteiger partial charge on any atom is 0.251 e. The Balaban J connectivity index is 2.95. The van der Waals surface area contributed by atoms with Crippen molar-refractivity contribution < 1.29 is 13.9 Å². The molecule has 6 heteroatoms. The molecule has 0 saturated heterocycles. The normalized spacial score (nSPS) is 12.9. The Morgan fingerprint density at radius 3 is 2.42 bits per heavy atom. The lowest BCUT2D eigenvalue weighted by Gasteiger charge is -2.31. The first-order valence-corrected chi connectivity index (χ1v) is 6.41. The molecule has 0 amide bonds. The quantitative estimate of drug-likeness (QED) is 0.718. The molecule has 0 aliphatic carbocycles. The van der Waals surface area contributed by atoms with Gasteiger partial charge in [-0.05, 0) is 5.56 Å². The van der Waals surface area contributed by atoms with E-state index in [0.29, 0.717) is 6.42 Å². The minimum absolute atomic E-state index is 0.159. The summed E-state index contributed by atoms with van der Waals surface area (Å²) in [4.78, 5) is 1.78. The number of halogens is 2. The van der Waals surface area contributed by atoms with Gasteiger partial charge in [0.15, 0.2) is 0 Å². The van der Waals surface area contributed by atoms with Gasteiger partial charge in [0.05, 0.1) is 18.1 Å². The zero-order chi connectivity index (χ0) is 14.3. The van der Waals surface area contributed by atoms with E-state index in [1.807, 2.05) is 30.3 Å². The summed E-state index contributed by atoms with van der Waals surface area (Å²) < 4.78 is 25.3. The molecule has 0 bridgehead atoms. The van der Waals surface area contributed by atoms with Crippen LogP contribution in [0.15, 0.2) is 30.3 Å². The average Bonchev–Trinajstić information content (AvgIpc) is 2.36. The Labute approximate surface area is 117 Å². The molecule has 1 atom stereocenters. The third-order valence-corrected chi connectivity index (χ3v) is 2.95. The molecule has 0 spiro atoms. The molecule has 0 saturated carbocycles. The van der Waals surface area contributed by atoms with E-state index in [1.54, 1.807) is 0 Å². The van der Waals surface area contributed by atoms with Crippen molar-refractivity contribution in [3.05, 3.63) is 35.9 Å². The van der Waals surface area contributed by atoms with Gasteiger partial charge < -0.3 is 10.8 Å². The van der Waals surface area contributed by atoms with Crippen LogP contribution in [-0.2, 0) is 0 Å². The number of benzene rings is 1. The van der Waals surface area contributed by atoms with Crippen molar-refractivity contribution in [2.45, 2.75) is 18.9 Å². The summed E-state index contributed by atoms with van der Waals surface area (Å²) >= 11 is 4.89. The molecule has 1 unspecified atom stereocenters. The average molecular weight is 288 g/mol. The number of alkyl halides is 2. The molecule has 0 aromatic heterocycles. The third kappa shape index (κ3) is 5.59. The first-order valence-electron chi connectivity index (χ1n) is 6.01. The minimum atomic E-state index is -2.47. The Bertz CT molecular complexity index is 389. The number of nitrogens with zero attached hydrogens (tertiary/aromatic N) is 1. The van der Waals surface area contributed by atoms with Gasteiger partial charge in [0, 0.05) is 19.0 Å². The van der Waals surface area contributed by atoms with Crippen molar-refractivity contribution in [2.75, 3.05) is 19.7 Å². The first kappa shape index (κ1) is 15.9. The van der Waals surface area contributed by atoms with Gasteiger partial charge in [-0.3, -0.25) is 4.90 Å². The fraction of sp³-hybridized carbons (Fsp3) is 0.462. The summed E-state index contributed by atoms with van der Waals surface area (Å²) in [5.74, 6) is 0. The van der Waals surface area contributed by atoms with Crippen molar-refractivity contribution >= 4 is 17.2 Å². The van der Waals surface area contributed by atoms with Gasteiger partial charge in [-0.25, -0.2) is 8.78 Å². The van der Waals surface area contributed by atoms with Crippen LogP contribution in [0.4, 0.5) is 8.78 Å². The van der Waals surface area contributed by atoms with Crippen LogP contribution in [0.2, 0.25) is 0 Å². The molecule has 1 aromatic carbocycles. The SMILES string of the molecule is NC(=S)CC(c1ccccc1)N(CCO)CC(F)F. The highest BCUT2D eigenvalue weighted by Crippen LogP contribution is 2.24. The molecule has 106 valence electrons. The Kier molecular flexibility index (Phi) is 6.83. The van der Waals surface area contributed by atoms with E-state index in [9.17, 15) is 8.78 Å². The van der Waals surface area contributed by atoms with Gasteiger partial charge >= 0.3 is 0 Å². The van der Waals surface area contributed by atoms with Crippen molar-refractivity contribution in [1.29, 1.82) is 0 Å². The molecule has 19 heavy (non-hydrogen) atoms. The van der Waals surface area contributed by atoms with Gasteiger partial charge in [0.1, 0.15) is 0 Å². The topological polar surface area (TPSA) is 49.5 Å². The number of hydrogen-bond donors (Lipinski definition) is 2. The fourth-order valence-electron chi connectivity index (χ4n) is 2.00. The van der Waals surface area contributed by atoms with E-state index < -0.39 is 13.0 Å². The van der Waals surface area contributed by atoms with Gasteiger partial charge in [-0.2, -0.15) is 0 Å². The zero-order valence-electron chi connectivity index (χ0n) is 10.5. The summed E-state index contributed by atoms with van der Waals surface area (Å²) in [6.07, 6.45) is -2.16. The molecule has 0 radical (unpaired) electrons. The molecule has 1 aromatic rings. The molecule has 0 fully saturated rings. The van der Waals surface area contributed by atoms with Crippen LogP contribution in [-0.4, -0.2) is 41.1 Å². The summed E-state index contributed by atoms with van der Waals surface area (Å²) in [7, 11) is 0. The maximum absolute atomic E-state index is 12.6. The highest BCUT2D eigenvalue weighted by Gasteiger charge is 2.23. The molecule has 0 heterocycles. The number of nitrogens with two attached hydrogens (primary N) is 1. The highest BCUT2D eigenvalue weighted by atomic mass is 32.1. The number of rotatable bonds is 8. The van der Waals surface area contributed by atoms with Gasteiger partial charge in [0.2, 0.25) is 0 Å². The molecular weight excluding hydrogens is 270 g/mol. The van der Waals surface area contributed by atoms with Crippen LogP contribution >= 0.6 is 12.2 Å². The zero-order valence-corrected chi connectivity index (χ0v) is 11.3. The molecule has 3 nitrogen and oxygen atoms in total. The molecule has 1 rings (SSSR count).